The molecule has 0 saturated carbocycles. The summed E-state index contributed by atoms with van der Waals surface area (Å²) >= 11 is 0. The molecule has 0 aliphatic heterocycles. The van der Waals surface area contributed by atoms with Crippen molar-refractivity contribution in [3.8, 4) is 0 Å². The summed E-state index contributed by atoms with van der Waals surface area (Å²) in [6, 6.07) is -3.33. The summed E-state index contributed by atoms with van der Waals surface area (Å²) in [5.74, 6) is -6.67. The average molecular weight is 568 g/mol. The van der Waals surface area contributed by atoms with Crippen LogP contribution in [0.15, 0.2) is 0 Å². The Balaban J connectivity index is -0.0000000264. The van der Waals surface area contributed by atoms with Gasteiger partial charge in [-0.25, -0.2) is 0 Å². The van der Waals surface area contributed by atoms with E-state index in [0.717, 1.165) is 4.90 Å². The van der Waals surface area contributed by atoms with E-state index in [-0.39, 0.29) is 124 Å². The number of carboxylic acid groups (broad SMARTS) is 6. The van der Waals surface area contributed by atoms with Crippen molar-refractivity contribution in [2.24, 2.45) is 17.2 Å². The van der Waals surface area contributed by atoms with Gasteiger partial charge in [-0.1, -0.05) is 0 Å². The van der Waals surface area contributed by atoms with Crippen LogP contribution >= 0.6 is 0 Å². The summed E-state index contributed by atoms with van der Waals surface area (Å²) in [7, 11) is 0. The monoisotopic (exact) mass is 568 g/mol. The van der Waals surface area contributed by atoms with Gasteiger partial charge in [0.15, 0.2) is 0 Å². The summed E-state index contributed by atoms with van der Waals surface area (Å²) in [6.45, 7) is 4.26. The molecule has 16 nitrogen and oxygen atoms in total. The first-order valence-corrected chi connectivity index (χ1v) is 8.63. The quantitative estimate of drug-likeness (QED) is 0.117. The number of carbonyl (C=O) groups is 6. The number of nitrogens with two attached hydrogens (primary N) is 3. The van der Waals surface area contributed by atoms with Crippen LogP contribution in [0.25, 0.3) is 0 Å². The van der Waals surface area contributed by atoms with Crippen LogP contribution in [0.5, 0.6) is 0 Å². The number of hydrogen-bond acceptors (Lipinski definition) is 10. The van der Waals surface area contributed by atoms with Gasteiger partial charge >= 0.3 is 154 Å². The Morgan fingerprint density at radius 1 is 0.556 bits per heavy atom. The van der Waals surface area contributed by atoms with Crippen LogP contribution in [-0.4, -0.2) is 109 Å². The van der Waals surface area contributed by atoms with Crippen molar-refractivity contribution in [1.29, 1.82) is 0 Å². The van der Waals surface area contributed by atoms with Crippen LogP contribution in [0, 0.1) is 0 Å². The predicted octanol–water partition coefficient (Wildman–Crippen LogP) is -14.3. The van der Waals surface area contributed by atoms with Gasteiger partial charge in [-0.15, -0.1) is 0 Å². The molecule has 36 heavy (non-hydrogen) atoms. The molecule has 0 heterocycles. The summed E-state index contributed by atoms with van der Waals surface area (Å²) in [5.41, 5.74) is 14.5. The third-order valence-electron chi connectivity index (χ3n) is 2.75. The molecule has 12 N–H and O–H groups in total. The zero-order chi connectivity index (χ0) is 26.8. The fourth-order valence-electron chi connectivity index (χ4n) is 0.833. The van der Waals surface area contributed by atoms with E-state index in [1.54, 1.807) is 0 Å². The van der Waals surface area contributed by atoms with Gasteiger partial charge in [0.2, 0.25) is 0 Å². The Kier molecular flexibility index (Phi) is 53.1. The van der Waals surface area contributed by atoms with Crippen LogP contribution < -0.4 is 135 Å². The SMILES string of the molecule is CC(C(=O)O)N(CC(=O)O)CC(=O)O.CC(N)C(=O)O.CC(N)C(=O)O.CC(N)C(=O)O.[H-].[H-].[H-].[H-].[Na+].[Na+].[Na+].[Na+]. The van der Waals surface area contributed by atoms with E-state index in [1.807, 2.05) is 0 Å². The smallest absolute Gasteiger partial charge is 1.00 e. The van der Waals surface area contributed by atoms with Crippen molar-refractivity contribution in [1.82, 2.24) is 4.90 Å². The molecule has 0 fully saturated rings. The van der Waals surface area contributed by atoms with Crippen LogP contribution in [0.3, 0.4) is 0 Å². The zero-order valence-electron chi connectivity index (χ0n) is 26.0. The van der Waals surface area contributed by atoms with Gasteiger partial charge in [-0.2, -0.15) is 0 Å². The predicted molar refractivity (Wildman–Crippen MR) is 112 cm³/mol. The third kappa shape index (κ3) is 47.8. The molecule has 0 aromatic rings. The number of carboxylic acids is 6. The molecular formula is C16H36N4Na4O12. The largest absolute Gasteiger partial charge is 1.00 e. The minimum absolute atomic E-state index is 0. The van der Waals surface area contributed by atoms with Crippen LogP contribution in [0.2, 0.25) is 0 Å². The molecule has 0 radical (unpaired) electrons. The van der Waals surface area contributed by atoms with Crippen molar-refractivity contribution in [3.63, 3.8) is 0 Å². The molecule has 0 aliphatic rings. The molecule has 0 aromatic carbocycles. The van der Waals surface area contributed by atoms with E-state index in [0.29, 0.717) is 0 Å². The van der Waals surface area contributed by atoms with Crippen molar-refractivity contribution in [3.05, 3.63) is 0 Å². The first kappa shape index (κ1) is 56.8. The Labute approximate surface area is 302 Å². The van der Waals surface area contributed by atoms with Crippen molar-refractivity contribution >= 4 is 35.8 Å². The van der Waals surface area contributed by atoms with Gasteiger partial charge < -0.3 is 53.5 Å². The molecule has 196 valence electrons. The summed E-state index contributed by atoms with van der Waals surface area (Å²) in [6.07, 6.45) is 0. The number of rotatable bonds is 9. The van der Waals surface area contributed by atoms with E-state index in [1.165, 1.54) is 27.7 Å². The summed E-state index contributed by atoms with van der Waals surface area (Å²) in [5, 5.41) is 48.9. The van der Waals surface area contributed by atoms with Crippen molar-refractivity contribution < 1.29 is 183 Å². The van der Waals surface area contributed by atoms with Gasteiger partial charge in [0.25, 0.3) is 0 Å². The second-order valence-corrected chi connectivity index (χ2v) is 6.09. The van der Waals surface area contributed by atoms with Crippen LogP contribution in [0.1, 0.15) is 33.4 Å². The number of aliphatic carboxylic acids is 6. The molecular weight excluding hydrogens is 532 g/mol. The number of hydrogen-bond donors (Lipinski definition) is 9. The van der Waals surface area contributed by atoms with E-state index < -0.39 is 73.1 Å². The minimum atomic E-state index is -1.26. The van der Waals surface area contributed by atoms with Crippen LogP contribution in [0.4, 0.5) is 0 Å². The molecule has 4 unspecified atom stereocenters. The van der Waals surface area contributed by atoms with E-state index >= 15 is 0 Å². The fraction of sp³-hybridized carbons (Fsp3) is 0.625. The zero-order valence-corrected chi connectivity index (χ0v) is 30.0. The Bertz CT molecular complexity index is 600. The van der Waals surface area contributed by atoms with Gasteiger partial charge in [0.05, 0.1) is 13.1 Å². The van der Waals surface area contributed by atoms with E-state index in [9.17, 15) is 28.8 Å². The number of nitrogens with zero attached hydrogens (tertiary/aromatic N) is 1. The van der Waals surface area contributed by atoms with Crippen LogP contribution in [-0.2, 0) is 28.8 Å². The summed E-state index contributed by atoms with van der Waals surface area (Å²) in [4.78, 5) is 60.6. The maximum absolute atomic E-state index is 10.5. The molecule has 4 atom stereocenters. The normalized spacial score (nSPS) is 11.7. The minimum Gasteiger partial charge on any atom is -1.00 e. The Morgan fingerprint density at radius 3 is 0.806 bits per heavy atom. The maximum atomic E-state index is 10.5. The van der Waals surface area contributed by atoms with E-state index in [2.05, 4.69) is 0 Å². The molecule has 20 heteroatoms. The topological polar surface area (TPSA) is 305 Å². The van der Waals surface area contributed by atoms with E-state index in [4.69, 9.17) is 47.8 Å². The molecule has 0 spiro atoms. The Morgan fingerprint density at radius 2 is 0.722 bits per heavy atom. The summed E-state index contributed by atoms with van der Waals surface area (Å²) < 4.78 is 0. The van der Waals surface area contributed by atoms with Gasteiger partial charge in [0.1, 0.15) is 24.2 Å². The average Bonchev–Trinajstić information content (AvgIpc) is 2.60. The molecule has 0 aromatic heterocycles. The van der Waals surface area contributed by atoms with Crippen molar-refractivity contribution in [2.75, 3.05) is 13.1 Å². The van der Waals surface area contributed by atoms with Gasteiger partial charge in [0, 0.05) is 0 Å². The molecule has 0 saturated heterocycles. The fourth-order valence-corrected chi connectivity index (χ4v) is 0.833. The second-order valence-electron chi connectivity index (χ2n) is 6.09. The molecule has 0 bridgehead atoms. The second kappa shape index (κ2) is 33.7. The molecule has 0 amide bonds. The molecule has 0 aliphatic carbocycles. The standard InChI is InChI=1S/C7H11NO6.3C3H7NO2.4Na.4H/c1-4(7(13)14)8(2-5(9)10)3-6(11)12;3*1-2(4)3(5)6;;;;;;;;/h4H,2-3H2,1H3,(H,9,10)(H,11,12)(H,13,14);3*2H,4H2,1H3,(H,5,6);;;;;;;;/q;;;;4*+1;4*-1. The third-order valence-corrected chi connectivity index (χ3v) is 2.75. The molecule has 0 rings (SSSR count). The van der Waals surface area contributed by atoms with Gasteiger partial charge in [-0.05, 0) is 27.7 Å². The first-order chi connectivity index (χ1) is 14.3. The Hall–Kier alpha value is 0.660. The first-order valence-electron chi connectivity index (χ1n) is 8.63. The van der Waals surface area contributed by atoms with Crippen molar-refractivity contribution in [2.45, 2.75) is 51.9 Å². The van der Waals surface area contributed by atoms with Gasteiger partial charge in [-0.3, -0.25) is 33.7 Å². The maximum Gasteiger partial charge on any atom is 1.00 e.